The number of carbonyl (C=O) groups is 1. The molecule has 21 heavy (non-hydrogen) atoms. The maximum atomic E-state index is 13.5. The Morgan fingerprint density at radius 1 is 1.33 bits per heavy atom. The molecule has 0 spiro atoms. The van der Waals surface area contributed by atoms with Crippen LogP contribution >= 0.6 is 0 Å². The highest BCUT2D eigenvalue weighted by Gasteiger charge is 2.20. The van der Waals surface area contributed by atoms with Crippen LogP contribution in [0.1, 0.15) is 42.5 Å². The van der Waals surface area contributed by atoms with E-state index in [1.54, 1.807) is 0 Å². The Morgan fingerprint density at radius 3 is 2.76 bits per heavy atom. The molecule has 0 aromatic heterocycles. The zero-order valence-corrected chi connectivity index (χ0v) is 11.7. The van der Waals surface area contributed by atoms with Crippen LogP contribution in [0, 0.1) is 11.6 Å². The Labute approximate surface area is 122 Å². The molecule has 4 nitrogen and oxygen atoms in total. The van der Waals surface area contributed by atoms with Gasteiger partial charge in [-0.3, -0.25) is 4.79 Å². The Bertz CT molecular complexity index is 502. The highest BCUT2D eigenvalue weighted by atomic mass is 19.1. The molecule has 6 heteroatoms. The summed E-state index contributed by atoms with van der Waals surface area (Å²) in [7, 11) is 0. The third kappa shape index (κ3) is 4.14. The predicted molar refractivity (Wildman–Crippen MR) is 73.2 cm³/mol. The molecule has 0 heterocycles. The van der Waals surface area contributed by atoms with Crippen molar-refractivity contribution in [2.75, 3.05) is 13.2 Å². The number of carbonyl (C=O) groups excluding carboxylic acids is 1. The molecule has 1 aromatic carbocycles. The molecule has 0 atom stereocenters. The van der Waals surface area contributed by atoms with E-state index in [1.165, 1.54) is 12.8 Å². The van der Waals surface area contributed by atoms with Crippen molar-refractivity contribution in [3.63, 3.8) is 0 Å². The Kier molecular flexibility index (Phi) is 5.50. The molecular weight excluding hydrogens is 280 g/mol. The SMILES string of the molecule is O=C(NCCCOC1CCCC1)c1c(F)ccc(O)c1F. The Morgan fingerprint density at radius 2 is 2.05 bits per heavy atom. The Hall–Kier alpha value is -1.69. The zero-order valence-electron chi connectivity index (χ0n) is 11.7. The van der Waals surface area contributed by atoms with Gasteiger partial charge >= 0.3 is 0 Å². The van der Waals surface area contributed by atoms with Gasteiger partial charge in [0.05, 0.1) is 6.10 Å². The van der Waals surface area contributed by atoms with Crippen LogP contribution in [0.5, 0.6) is 5.75 Å². The molecule has 0 aliphatic heterocycles. The van der Waals surface area contributed by atoms with E-state index in [0.29, 0.717) is 19.1 Å². The number of hydrogen-bond acceptors (Lipinski definition) is 3. The second kappa shape index (κ2) is 7.36. The van der Waals surface area contributed by atoms with Gasteiger partial charge in [-0.05, 0) is 31.4 Å². The summed E-state index contributed by atoms with van der Waals surface area (Å²) >= 11 is 0. The smallest absolute Gasteiger partial charge is 0.257 e. The molecule has 0 bridgehead atoms. The lowest BCUT2D eigenvalue weighted by atomic mass is 10.1. The molecule has 1 aliphatic rings. The number of aromatic hydroxyl groups is 1. The van der Waals surface area contributed by atoms with Crippen LogP contribution in [0.4, 0.5) is 8.78 Å². The van der Waals surface area contributed by atoms with E-state index in [1.807, 2.05) is 0 Å². The van der Waals surface area contributed by atoms with Gasteiger partial charge in [-0.2, -0.15) is 0 Å². The number of amides is 1. The molecule has 2 rings (SSSR count). The minimum Gasteiger partial charge on any atom is -0.505 e. The Balaban J connectivity index is 1.75. The molecule has 0 radical (unpaired) electrons. The molecule has 1 aromatic rings. The number of benzene rings is 1. The van der Waals surface area contributed by atoms with Gasteiger partial charge in [0.15, 0.2) is 11.6 Å². The summed E-state index contributed by atoms with van der Waals surface area (Å²) in [6.45, 7) is 0.774. The van der Waals surface area contributed by atoms with E-state index >= 15 is 0 Å². The van der Waals surface area contributed by atoms with Crippen molar-refractivity contribution in [3.05, 3.63) is 29.3 Å². The fourth-order valence-electron chi connectivity index (χ4n) is 2.42. The molecule has 1 fully saturated rings. The molecular formula is C15H19F2NO3. The third-order valence-corrected chi connectivity index (χ3v) is 3.56. The zero-order chi connectivity index (χ0) is 15.2. The number of phenolic OH excluding ortho intramolecular Hbond substituents is 1. The van der Waals surface area contributed by atoms with Gasteiger partial charge in [0.1, 0.15) is 11.4 Å². The summed E-state index contributed by atoms with van der Waals surface area (Å²) in [4.78, 5) is 11.7. The number of halogens is 2. The maximum Gasteiger partial charge on any atom is 0.257 e. The van der Waals surface area contributed by atoms with Crippen molar-refractivity contribution < 1.29 is 23.4 Å². The molecule has 116 valence electrons. The predicted octanol–water partition coefficient (Wildman–Crippen LogP) is 2.75. The number of ether oxygens (including phenoxy) is 1. The fraction of sp³-hybridized carbons (Fsp3) is 0.533. The molecule has 2 N–H and O–H groups in total. The van der Waals surface area contributed by atoms with Crippen LogP contribution in [0.2, 0.25) is 0 Å². The van der Waals surface area contributed by atoms with Crippen LogP contribution < -0.4 is 5.32 Å². The van der Waals surface area contributed by atoms with Gasteiger partial charge in [-0.1, -0.05) is 12.8 Å². The molecule has 1 amide bonds. The van der Waals surface area contributed by atoms with Crippen molar-refractivity contribution in [3.8, 4) is 5.75 Å². The van der Waals surface area contributed by atoms with Gasteiger partial charge in [0, 0.05) is 13.2 Å². The topological polar surface area (TPSA) is 58.6 Å². The second-order valence-electron chi connectivity index (χ2n) is 5.14. The van der Waals surface area contributed by atoms with Gasteiger partial charge in [-0.25, -0.2) is 8.78 Å². The number of rotatable bonds is 6. The van der Waals surface area contributed by atoms with E-state index < -0.39 is 28.9 Å². The van der Waals surface area contributed by atoms with Crippen molar-refractivity contribution in [1.82, 2.24) is 5.32 Å². The van der Waals surface area contributed by atoms with Gasteiger partial charge in [0.25, 0.3) is 5.91 Å². The first-order valence-electron chi connectivity index (χ1n) is 7.16. The van der Waals surface area contributed by atoms with Gasteiger partial charge in [0.2, 0.25) is 0 Å². The average Bonchev–Trinajstić information content (AvgIpc) is 2.96. The highest BCUT2D eigenvalue weighted by Crippen LogP contribution is 2.22. The van der Waals surface area contributed by atoms with Crippen molar-refractivity contribution in [1.29, 1.82) is 0 Å². The minimum atomic E-state index is -1.24. The van der Waals surface area contributed by atoms with Gasteiger partial charge < -0.3 is 15.2 Å². The number of nitrogens with one attached hydrogen (secondary N) is 1. The lowest BCUT2D eigenvalue weighted by Gasteiger charge is -2.11. The van der Waals surface area contributed by atoms with Crippen LogP contribution in [-0.2, 0) is 4.74 Å². The van der Waals surface area contributed by atoms with Crippen LogP contribution in [0.25, 0.3) is 0 Å². The monoisotopic (exact) mass is 299 g/mol. The van der Waals surface area contributed by atoms with Crippen LogP contribution in [0.15, 0.2) is 12.1 Å². The van der Waals surface area contributed by atoms with Crippen molar-refractivity contribution in [2.24, 2.45) is 0 Å². The lowest BCUT2D eigenvalue weighted by Crippen LogP contribution is -2.27. The summed E-state index contributed by atoms with van der Waals surface area (Å²) in [5, 5.41) is 11.6. The van der Waals surface area contributed by atoms with Crippen LogP contribution in [0.3, 0.4) is 0 Å². The van der Waals surface area contributed by atoms with E-state index in [0.717, 1.165) is 25.0 Å². The molecule has 0 saturated heterocycles. The highest BCUT2D eigenvalue weighted by molar-refractivity contribution is 5.95. The number of hydrogen-bond donors (Lipinski definition) is 2. The summed E-state index contributed by atoms with van der Waals surface area (Å²) in [6.07, 6.45) is 5.42. The van der Waals surface area contributed by atoms with E-state index in [-0.39, 0.29) is 6.54 Å². The van der Waals surface area contributed by atoms with E-state index in [9.17, 15) is 13.6 Å². The normalized spacial score (nSPS) is 15.3. The quantitative estimate of drug-likeness (QED) is 0.794. The van der Waals surface area contributed by atoms with Gasteiger partial charge in [-0.15, -0.1) is 0 Å². The van der Waals surface area contributed by atoms with Crippen molar-refractivity contribution >= 4 is 5.91 Å². The first-order valence-corrected chi connectivity index (χ1v) is 7.16. The van der Waals surface area contributed by atoms with Crippen molar-refractivity contribution in [2.45, 2.75) is 38.2 Å². The molecule has 1 saturated carbocycles. The fourth-order valence-corrected chi connectivity index (χ4v) is 2.42. The summed E-state index contributed by atoms with van der Waals surface area (Å²) < 4.78 is 32.6. The average molecular weight is 299 g/mol. The second-order valence-corrected chi connectivity index (χ2v) is 5.14. The third-order valence-electron chi connectivity index (χ3n) is 3.56. The maximum absolute atomic E-state index is 13.5. The standard InChI is InChI=1S/C15H19F2NO3/c16-11-6-7-12(19)14(17)13(11)15(20)18-8-3-9-21-10-4-1-2-5-10/h6-7,10,19H,1-5,8-9H2,(H,18,20). The molecule has 1 aliphatic carbocycles. The van der Waals surface area contributed by atoms with Crippen LogP contribution in [-0.4, -0.2) is 30.3 Å². The first-order chi connectivity index (χ1) is 10.1. The summed E-state index contributed by atoms with van der Waals surface area (Å²) in [5.74, 6) is -3.85. The molecule has 0 unspecified atom stereocenters. The number of phenols is 1. The first kappa shape index (κ1) is 15.7. The van der Waals surface area contributed by atoms with E-state index in [2.05, 4.69) is 5.32 Å². The summed E-state index contributed by atoms with van der Waals surface area (Å²) in [6, 6.07) is 1.73. The largest absolute Gasteiger partial charge is 0.505 e. The lowest BCUT2D eigenvalue weighted by molar-refractivity contribution is 0.0565. The summed E-state index contributed by atoms with van der Waals surface area (Å²) in [5.41, 5.74) is -0.758. The van der Waals surface area contributed by atoms with E-state index in [4.69, 9.17) is 9.84 Å². The minimum absolute atomic E-state index is 0.264.